The van der Waals surface area contributed by atoms with Crippen LogP contribution in [0.5, 0.6) is 5.75 Å². The largest absolute Gasteiger partial charge is 0.506 e. The summed E-state index contributed by atoms with van der Waals surface area (Å²) in [6.45, 7) is 2.65. The smallest absolute Gasteiger partial charge is 0.268 e. The fourth-order valence-corrected chi connectivity index (χ4v) is 3.14. The number of pyridine rings is 1. The van der Waals surface area contributed by atoms with Crippen molar-refractivity contribution in [2.45, 2.75) is 18.9 Å². The Labute approximate surface area is 101 Å². The molecule has 2 N–H and O–H groups in total. The second kappa shape index (κ2) is 3.60. The fraction of sp³-hybridized carbons (Fsp3) is 0.545. The second-order valence-corrected chi connectivity index (χ2v) is 5.43. The number of halogens is 1. The van der Waals surface area contributed by atoms with Gasteiger partial charge >= 0.3 is 0 Å². The van der Waals surface area contributed by atoms with Gasteiger partial charge in [-0.05, 0) is 34.8 Å². The first-order chi connectivity index (χ1) is 7.66. The molecule has 86 valence electrons. The van der Waals surface area contributed by atoms with Gasteiger partial charge in [0, 0.05) is 30.8 Å². The van der Waals surface area contributed by atoms with Gasteiger partial charge in [0.15, 0.2) is 0 Å². The van der Waals surface area contributed by atoms with Crippen LogP contribution in [-0.4, -0.2) is 22.8 Å². The average molecular weight is 285 g/mol. The van der Waals surface area contributed by atoms with Crippen molar-refractivity contribution in [3.8, 4) is 5.75 Å². The zero-order valence-electron chi connectivity index (χ0n) is 8.74. The minimum absolute atomic E-state index is 0.0558. The SMILES string of the molecule is O=c1c(Br)c(O)cc2n1CC1CNC[C@@H]2C1. The van der Waals surface area contributed by atoms with E-state index in [9.17, 15) is 9.90 Å². The van der Waals surface area contributed by atoms with Gasteiger partial charge in [-0.2, -0.15) is 0 Å². The van der Waals surface area contributed by atoms with Gasteiger partial charge in [0.05, 0.1) is 0 Å². The minimum Gasteiger partial charge on any atom is -0.506 e. The van der Waals surface area contributed by atoms with Crippen molar-refractivity contribution in [1.29, 1.82) is 0 Å². The maximum atomic E-state index is 12.0. The third-order valence-corrected chi connectivity index (χ3v) is 4.30. The van der Waals surface area contributed by atoms with Crippen molar-refractivity contribution in [2.24, 2.45) is 5.92 Å². The highest BCUT2D eigenvalue weighted by Crippen LogP contribution is 2.34. The Bertz CT molecular complexity index is 497. The van der Waals surface area contributed by atoms with Crippen molar-refractivity contribution in [1.82, 2.24) is 9.88 Å². The number of nitrogens with one attached hydrogen (secondary N) is 1. The van der Waals surface area contributed by atoms with E-state index < -0.39 is 0 Å². The van der Waals surface area contributed by atoms with E-state index in [1.807, 2.05) is 4.57 Å². The van der Waals surface area contributed by atoms with E-state index >= 15 is 0 Å². The normalized spacial score (nSPS) is 27.6. The highest BCUT2D eigenvalue weighted by molar-refractivity contribution is 9.10. The first-order valence-corrected chi connectivity index (χ1v) is 6.29. The number of nitrogens with zero attached hydrogens (tertiary/aromatic N) is 1. The van der Waals surface area contributed by atoms with Crippen molar-refractivity contribution >= 4 is 15.9 Å². The molecule has 16 heavy (non-hydrogen) atoms. The average Bonchev–Trinajstić information content (AvgIpc) is 2.29. The molecule has 1 unspecified atom stereocenters. The zero-order chi connectivity index (χ0) is 11.3. The molecule has 2 aliphatic heterocycles. The van der Waals surface area contributed by atoms with Crippen LogP contribution in [-0.2, 0) is 6.54 Å². The van der Waals surface area contributed by atoms with Crippen LogP contribution in [0.3, 0.4) is 0 Å². The molecule has 0 saturated carbocycles. The van der Waals surface area contributed by atoms with E-state index in [0.717, 1.165) is 31.7 Å². The van der Waals surface area contributed by atoms with E-state index in [2.05, 4.69) is 21.2 Å². The van der Waals surface area contributed by atoms with Crippen molar-refractivity contribution in [3.63, 3.8) is 0 Å². The maximum Gasteiger partial charge on any atom is 0.268 e. The number of aromatic hydroxyl groups is 1. The quantitative estimate of drug-likeness (QED) is 0.748. The molecule has 5 heteroatoms. The predicted octanol–water partition coefficient (Wildman–Crippen LogP) is 1.02. The fourth-order valence-electron chi connectivity index (χ4n) is 2.81. The highest BCUT2D eigenvalue weighted by Gasteiger charge is 2.31. The van der Waals surface area contributed by atoms with Gasteiger partial charge in [0.25, 0.3) is 5.56 Å². The molecule has 0 amide bonds. The summed E-state index contributed by atoms with van der Waals surface area (Å²) in [5.41, 5.74) is 0.862. The Morgan fingerprint density at radius 2 is 2.31 bits per heavy atom. The molecule has 1 fully saturated rings. The summed E-state index contributed by atoms with van der Waals surface area (Å²) in [4.78, 5) is 12.0. The third kappa shape index (κ3) is 1.42. The maximum absolute atomic E-state index is 12.0. The van der Waals surface area contributed by atoms with Crippen LogP contribution in [0, 0.1) is 5.92 Å². The molecule has 1 aromatic heterocycles. The predicted molar refractivity (Wildman–Crippen MR) is 63.8 cm³/mol. The standard InChI is InChI=1S/C11H13BrN2O2/c12-10-9(15)2-8-7-1-6(3-13-4-7)5-14(8)11(10)16/h2,6-7,13,15H,1,3-5H2/t6?,7-/m0/s1. The third-order valence-electron chi connectivity index (χ3n) is 3.55. The Morgan fingerprint density at radius 1 is 1.50 bits per heavy atom. The summed E-state index contributed by atoms with van der Waals surface area (Å²) in [5, 5.41) is 13.0. The molecular weight excluding hydrogens is 272 g/mol. The van der Waals surface area contributed by atoms with Gasteiger partial charge in [-0.15, -0.1) is 0 Å². The number of aromatic nitrogens is 1. The number of hydrogen-bond donors (Lipinski definition) is 2. The van der Waals surface area contributed by atoms with Crippen LogP contribution < -0.4 is 10.9 Å². The Balaban J connectivity index is 2.20. The first-order valence-electron chi connectivity index (χ1n) is 5.49. The molecular formula is C11H13BrN2O2. The van der Waals surface area contributed by atoms with Crippen LogP contribution in [0.25, 0.3) is 0 Å². The summed E-state index contributed by atoms with van der Waals surface area (Å²) in [6.07, 6.45) is 1.12. The van der Waals surface area contributed by atoms with E-state index in [1.165, 1.54) is 0 Å². The molecule has 3 heterocycles. The number of hydrogen-bond acceptors (Lipinski definition) is 3. The van der Waals surface area contributed by atoms with E-state index in [1.54, 1.807) is 6.07 Å². The minimum atomic E-state index is -0.105. The number of piperidine rings is 1. The summed E-state index contributed by atoms with van der Waals surface area (Å²) < 4.78 is 2.09. The lowest BCUT2D eigenvalue weighted by Gasteiger charge is -2.37. The second-order valence-electron chi connectivity index (χ2n) is 4.64. The monoisotopic (exact) mass is 284 g/mol. The number of rotatable bonds is 0. The van der Waals surface area contributed by atoms with Gasteiger partial charge in [-0.1, -0.05) is 0 Å². The van der Waals surface area contributed by atoms with Crippen LogP contribution in [0.4, 0.5) is 0 Å². The lowest BCUT2D eigenvalue weighted by Crippen LogP contribution is -2.45. The molecule has 0 radical (unpaired) electrons. The molecule has 2 aliphatic rings. The van der Waals surface area contributed by atoms with Crippen LogP contribution in [0.15, 0.2) is 15.3 Å². The van der Waals surface area contributed by atoms with Crippen LogP contribution >= 0.6 is 15.9 Å². The molecule has 2 bridgehead atoms. The molecule has 0 aliphatic carbocycles. The van der Waals surface area contributed by atoms with Gasteiger partial charge < -0.3 is 15.0 Å². The first kappa shape index (κ1) is 10.4. The Morgan fingerprint density at radius 3 is 3.12 bits per heavy atom. The van der Waals surface area contributed by atoms with Crippen LogP contribution in [0.1, 0.15) is 18.0 Å². The molecule has 2 atom stereocenters. The van der Waals surface area contributed by atoms with E-state index in [-0.39, 0.29) is 15.8 Å². The summed E-state index contributed by atoms with van der Waals surface area (Å²) in [7, 11) is 0. The van der Waals surface area contributed by atoms with Crippen LogP contribution in [0.2, 0.25) is 0 Å². The van der Waals surface area contributed by atoms with Crippen molar-refractivity contribution in [2.75, 3.05) is 13.1 Å². The summed E-state index contributed by atoms with van der Waals surface area (Å²) in [6, 6.07) is 1.72. The van der Waals surface area contributed by atoms with Crippen molar-refractivity contribution in [3.05, 3.63) is 26.6 Å². The molecule has 1 aromatic rings. The number of fused-ring (bicyclic) bond motifs is 4. The van der Waals surface area contributed by atoms with Crippen molar-refractivity contribution < 1.29 is 5.11 Å². The molecule has 3 rings (SSSR count). The highest BCUT2D eigenvalue weighted by atomic mass is 79.9. The summed E-state index contributed by atoms with van der Waals surface area (Å²) >= 11 is 3.14. The Hall–Kier alpha value is -0.810. The lowest BCUT2D eigenvalue weighted by atomic mass is 9.84. The Kier molecular flexibility index (Phi) is 2.33. The molecule has 4 nitrogen and oxygen atoms in total. The van der Waals surface area contributed by atoms with E-state index in [4.69, 9.17) is 0 Å². The topological polar surface area (TPSA) is 54.3 Å². The summed E-state index contributed by atoms with van der Waals surface area (Å²) in [5.74, 6) is 0.958. The molecule has 0 spiro atoms. The van der Waals surface area contributed by atoms with E-state index in [0.29, 0.717) is 11.8 Å². The molecule has 1 saturated heterocycles. The lowest BCUT2D eigenvalue weighted by molar-refractivity contribution is 0.255. The van der Waals surface area contributed by atoms with Gasteiger partial charge in [0.2, 0.25) is 0 Å². The van der Waals surface area contributed by atoms with Gasteiger partial charge in [0.1, 0.15) is 10.2 Å². The van der Waals surface area contributed by atoms with Gasteiger partial charge in [-0.3, -0.25) is 4.79 Å². The molecule has 0 aromatic carbocycles. The zero-order valence-corrected chi connectivity index (χ0v) is 10.3. The van der Waals surface area contributed by atoms with Gasteiger partial charge in [-0.25, -0.2) is 0 Å².